The molecular formula is C21H36ClN5. The van der Waals surface area contributed by atoms with Gasteiger partial charge in [-0.1, -0.05) is 88.6 Å². The van der Waals surface area contributed by atoms with Gasteiger partial charge in [0.15, 0.2) is 5.96 Å². The first-order chi connectivity index (χ1) is 12.8. The Labute approximate surface area is 170 Å². The van der Waals surface area contributed by atoms with E-state index in [4.69, 9.17) is 5.73 Å². The molecule has 0 amide bonds. The summed E-state index contributed by atoms with van der Waals surface area (Å²) in [5.74, 6) is 1.18. The monoisotopic (exact) mass is 393 g/mol. The molecule has 0 bridgehead atoms. The average molecular weight is 394 g/mol. The van der Waals surface area contributed by atoms with E-state index in [9.17, 15) is 0 Å². The Morgan fingerprint density at radius 3 is 2.22 bits per heavy atom. The number of aliphatic imine (C=N–C) groups is 2. The average Bonchev–Trinajstić information content (AvgIpc) is 2.65. The van der Waals surface area contributed by atoms with E-state index < -0.39 is 0 Å². The molecule has 1 aromatic rings. The summed E-state index contributed by atoms with van der Waals surface area (Å²) < 4.78 is 0. The Morgan fingerprint density at radius 2 is 1.56 bits per heavy atom. The van der Waals surface area contributed by atoms with E-state index in [1.54, 1.807) is 0 Å². The van der Waals surface area contributed by atoms with E-state index >= 15 is 0 Å². The highest BCUT2D eigenvalue weighted by atomic mass is 35.5. The maximum atomic E-state index is 5.91. The van der Waals surface area contributed by atoms with Gasteiger partial charge in [-0.15, -0.1) is 12.4 Å². The maximum absolute atomic E-state index is 5.91. The van der Waals surface area contributed by atoms with Crippen LogP contribution in [-0.2, 0) is 6.54 Å². The van der Waals surface area contributed by atoms with Gasteiger partial charge in [0, 0.05) is 6.54 Å². The van der Waals surface area contributed by atoms with Gasteiger partial charge in [0.1, 0.15) is 6.17 Å². The second-order valence-corrected chi connectivity index (χ2v) is 7.05. The minimum atomic E-state index is -0.0564. The molecule has 4 N–H and O–H groups in total. The quantitative estimate of drug-likeness (QED) is 0.450. The fourth-order valence-electron chi connectivity index (χ4n) is 3.16. The highest BCUT2D eigenvalue weighted by molar-refractivity contribution is 5.99. The van der Waals surface area contributed by atoms with Crippen molar-refractivity contribution in [2.45, 2.75) is 83.8 Å². The maximum Gasteiger partial charge on any atom is 0.200 e. The van der Waals surface area contributed by atoms with Gasteiger partial charge in [-0.2, -0.15) is 0 Å². The number of nitrogens with two attached hydrogens (primary N) is 1. The largest absolute Gasteiger partial charge is 0.370 e. The molecule has 0 saturated heterocycles. The predicted octanol–water partition coefficient (Wildman–Crippen LogP) is 4.72. The first kappa shape index (κ1) is 23.3. The van der Waals surface area contributed by atoms with Crippen molar-refractivity contribution in [3.63, 3.8) is 0 Å². The normalized spacial score (nSPS) is 16.0. The van der Waals surface area contributed by atoms with Crippen LogP contribution in [0.1, 0.15) is 76.7 Å². The summed E-state index contributed by atoms with van der Waals surface area (Å²) in [5.41, 5.74) is 7.13. The lowest BCUT2D eigenvalue weighted by atomic mass is 10.1. The molecule has 2 rings (SSSR count). The van der Waals surface area contributed by atoms with E-state index in [0.29, 0.717) is 5.96 Å². The highest BCUT2D eigenvalue weighted by Gasteiger charge is 2.14. The molecule has 152 valence electrons. The van der Waals surface area contributed by atoms with Crippen LogP contribution in [-0.4, -0.2) is 18.1 Å². The first-order valence-electron chi connectivity index (χ1n) is 10.2. The molecule has 1 aliphatic heterocycles. The third kappa shape index (κ3) is 10.2. The molecule has 0 aromatic heterocycles. The molecule has 0 fully saturated rings. The Bertz CT molecular complexity index is 559. The fourth-order valence-corrected chi connectivity index (χ4v) is 3.16. The predicted molar refractivity (Wildman–Crippen MR) is 118 cm³/mol. The molecule has 6 heteroatoms. The van der Waals surface area contributed by atoms with Crippen LogP contribution >= 0.6 is 12.4 Å². The van der Waals surface area contributed by atoms with Crippen LogP contribution in [0.2, 0.25) is 0 Å². The summed E-state index contributed by atoms with van der Waals surface area (Å²) >= 11 is 0. The van der Waals surface area contributed by atoms with Gasteiger partial charge in [-0.3, -0.25) is 5.32 Å². The third-order valence-corrected chi connectivity index (χ3v) is 4.68. The second-order valence-electron chi connectivity index (χ2n) is 7.05. The molecule has 0 spiro atoms. The minimum Gasteiger partial charge on any atom is -0.370 e. The Morgan fingerprint density at radius 1 is 0.926 bits per heavy atom. The summed E-state index contributed by atoms with van der Waals surface area (Å²) in [6, 6.07) is 10.3. The number of nitrogens with zero attached hydrogens (tertiary/aromatic N) is 2. The molecule has 1 aliphatic rings. The van der Waals surface area contributed by atoms with Gasteiger partial charge in [0.05, 0.1) is 0 Å². The number of rotatable bonds is 12. The van der Waals surface area contributed by atoms with Crippen LogP contribution in [0.15, 0.2) is 40.3 Å². The zero-order valence-corrected chi connectivity index (χ0v) is 17.4. The van der Waals surface area contributed by atoms with Gasteiger partial charge >= 0.3 is 0 Å². The first-order valence-corrected chi connectivity index (χ1v) is 10.2. The van der Waals surface area contributed by atoms with Gasteiger partial charge in [-0.05, 0) is 18.4 Å². The summed E-state index contributed by atoms with van der Waals surface area (Å²) in [6.45, 7) is 2.99. The van der Waals surface area contributed by atoms with Gasteiger partial charge in [-0.25, -0.2) is 9.98 Å². The van der Waals surface area contributed by atoms with Crippen molar-refractivity contribution < 1.29 is 0 Å². The molecule has 0 saturated carbocycles. The second kappa shape index (κ2) is 14.3. The molecular weight excluding hydrogens is 358 g/mol. The van der Waals surface area contributed by atoms with Crippen LogP contribution < -0.4 is 16.4 Å². The van der Waals surface area contributed by atoms with E-state index in [2.05, 4.69) is 39.7 Å². The molecule has 1 atom stereocenters. The highest BCUT2D eigenvalue weighted by Crippen LogP contribution is 2.13. The van der Waals surface area contributed by atoms with Crippen molar-refractivity contribution in [3.05, 3.63) is 35.9 Å². The topological polar surface area (TPSA) is 74.8 Å². The zero-order valence-electron chi connectivity index (χ0n) is 16.6. The summed E-state index contributed by atoms with van der Waals surface area (Å²) in [5, 5.41) is 6.33. The van der Waals surface area contributed by atoms with E-state index in [0.717, 1.165) is 25.3 Å². The number of guanidine groups is 2. The van der Waals surface area contributed by atoms with Crippen LogP contribution in [0.5, 0.6) is 0 Å². The number of hydrogen-bond acceptors (Lipinski definition) is 5. The van der Waals surface area contributed by atoms with Crippen molar-refractivity contribution >= 4 is 24.3 Å². The van der Waals surface area contributed by atoms with Crippen molar-refractivity contribution in [1.29, 1.82) is 0 Å². The van der Waals surface area contributed by atoms with Crippen LogP contribution in [0.4, 0.5) is 0 Å². The molecule has 5 nitrogen and oxygen atoms in total. The lowest BCUT2D eigenvalue weighted by Gasteiger charge is -2.20. The lowest BCUT2D eigenvalue weighted by Crippen LogP contribution is -2.48. The number of benzene rings is 1. The number of nitrogens with one attached hydrogen (secondary N) is 2. The standard InChI is InChI=1S/C21H35N5.ClH/c1-2-3-4-5-6-7-8-9-13-16-19-24-20(22)26-21(25-19)23-17-18-14-11-10-12-15-18;/h10-12,14-15,19H,2-9,13,16-17H2,1H3,(H4,22,23,24,25,26);1H. The van der Waals surface area contributed by atoms with Gasteiger partial charge < -0.3 is 11.1 Å². The molecule has 27 heavy (non-hydrogen) atoms. The van der Waals surface area contributed by atoms with Crippen molar-refractivity contribution in [3.8, 4) is 0 Å². The molecule has 1 heterocycles. The fraction of sp³-hybridized carbons (Fsp3) is 0.619. The van der Waals surface area contributed by atoms with E-state index in [-0.39, 0.29) is 18.6 Å². The Hall–Kier alpha value is -1.75. The SMILES string of the molecule is CCCCCCCCCCCC1N=C(N)NC(NCc2ccccc2)=N1.Cl. The number of halogens is 1. The molecule has 1 aromatic carbocycles. The van der Waals surface area contributed by atoms with E-state index in [1.165, 1.54) is 56.9 Å². The zero-order chi connectivity index (χ0) is 18.5. The minimum absolute atomic E-state index is 0. The summed E-state index contributed by atoms with van der Waals surface area (Å²) in [7, 11) is 0. The van der Waals surface area contributed by atoms with Crippen molar-refractivity contribution in [1.82, 2.24) is 10.6 Å². The summed E-state index contributed by atoms with van der Waals surface area (Å²) in [4.78, 5) is 9.05. The third-order valence-electron chi connectivity index (χ3n) is 4.68. The van der Waals surface area contributed by atoms with Gasteiger partial charge in [0.25, 0.3) is 0 Å². The van der Waals surface area contributed by atoms with Crippen molar-refractivity contribution in [2.75, 3.05) is 0 Å². The van der Waals surface area contributed by atoms with Crippen LogP contribution in [0, 0.1) is 0 Å². The van der Waals surface area contributed by atoms with Crippen molar-refractivity contribution in [2.24, 2.45) is 15.7 Å². The molecule has 0 radical (unpaired) electrons. The molecule has 1 unspecified atom stereocenters. The molecule has 0 aliphatic carbocycles. The number of unbranched alkanes of at least 4 members (excludes halogenated alkanes) is 8. The smallest absolute Gasteiger partial charge is 0.200 e. The van der Waals surface area contributed by atoms with Gasteiger partial charge in [0.2, 0.25) is 5.96 Å². The number of hydrogen-bond donors (Lipinski definition) is 3. The van der Waals surface area contributed by atoms with E-state index in [1.807, 2.05) is 18.2 Å². The Balaban J connectivity index is 0.00000364. The lowest BCUT2D eigenvalue weighted by molar-refractivity contribution is 0.527. The summed E-state index contributed by atoms with van der Waals surface area (Å²) in [6.07, 6.45) is 12.9. The van der Waals surface area contributed by atoms with Crippen LogP contribution in [0.25, 0.3) is 0 Å². The van der Waals surface area contributed by atoms with Crippen LogP contribution in [0.3, 0.4) is 0 Å². The Kier molecular flexibility index (Phi) is 12.4.